The van der Waals surface area contributed by atoms with Crippen LogP contribution in [-0.4, -0.2) is 62.0 Å². The summed E-state index contributed by atoms with van der Waals surface area (Å²) in [4.78, 5) is 14.6. The maximum absolute atomic E-state index is 12.9. The molecular formula is C18H22F3NO4. The third-order valence-electron chi connectivity index (χ3n) is 4.81. The summed E-state index contributed by atoms with van der Waals surface area (Å²) in [5.74, 6) is -0.303. The molecule has 3 rings (SSSR count). The van der Waals surface area contributed by atoms with Crippen LogP contribution in [0.3, 0.4) is 0 Å². The average molecular weight is 373 g/mol. The van der Waals surface area contributed by atoms with Crippen molar-refractivity contribution in [2.75, 3.05) is 39.6 Å². The molecule has 0 radical (unpaired) electrons. The monoisotopic (exact) mass is 373 g/mol. The summed E-state index contributed by atoms with van der Waals surface area (Å²) < 4.78 is 54.9. The van der Waals surface area contributed by atoms with Crippen LogP contribution in [0, 0.1) is 0 Å². The number of carbonyl (C=O) groups excluding carboxylic acids is 1. The van der Waals surface area contributed by atoms with Gasteiger partial charge in [-0.05, 0) is 31.2 Å². The number of carbonyl (C=O) groups is 1. The molecule has 2 saturated heterocycles. The van der Waals surface area contributed by atoms with E-state index in [0.717, 1.165) is 12.1 Å². The Morgan fingerprint density at radius 3 is 2.69 bits per heavy atom. The summed E-state index contributed by atoms with van der Waals surface area (Å²) in [6, 6.07) is 4.32. The molecule has 144 valence electrons. The van der Waals surface area contributed by atoms with Crippen molar-refractivity contribution in [3.05, 3.63) is 35.4 Å². The lowest BCUT2D eigenvalue weighted by Gasteiger charge is -2.43. The molecule has 0 aliphatic carbocycles. The number of alkyl halides is 3. The number of nitrogens with zero attached hydrogens (tertiary/aromatic N) is 1. The standard InChI is InChI=1S/C18H22F3NO4/c1-2-24-10-15-9-17(12-26-15)11-25-8-7-22(17)16(23)13-3-5-14(6-4-13)18(19,20)21/h3-6,15H,2,7-12H2,1H3. The van der Waals surface area contributed by atoms with E-state index in [1.165, 1.54) is 12.1 Å². The van der Waals surface area contributed by atoms with Gasteiger partial charge in [-0.1, -0.05) is 0 Å². The second kappa shape index (κ2) is 7.54. The zero-order chi connectivity index (χ0) is 18.8. The van der Waals surface area contributed by atoms with Gasteiger partial charge in [0.2, 0.25) is 0 Å². The Kier molecular flexibility index (Phi) is 5.55. The van der Waals surface area contributed by atoms with Gasteiger partial charge in [0, 0.05) is 25.1 Å². The van der Waals surface area contributed by atoms with Gasteiger partial charge in [0.1, 0.15) is 0 Å². The van der Waals surface area contributed by atoms with Crippen LogP contribution in [-0.2, 0) is 20.4 Å². The molecule has 8 heteroatoms. The van der Waals surface area contributed by atoms with Gasteiger partial charge >= 0.3 is 6.18 Å². The van der Waals surface area contributed by atoms with Crippen LogP contribution >= 0.6 is 0 Å². The highest BCUT2D eigenvalue weighted by atomic mass is 19.4. The Morgan fingerprint density at radius 2 is 2.04 bits per heavy atom. The first-order valence-electron chi connectivity index (χ1n) is 8.62. The largest absolute Gasteiger partial charge is 0.416 e. The maximum Gasteiger partial charge on any atom is 0.416 e. The first-order chi connectivity index (χ1) is 12.4. The van der Waals surface area contributed by atoms with E-state index in [1.807, 2.05) is 6.92 Å². The average Bonchev–Trinajstić information content (AvgIpc) is 3.02. The highest BCUT2D eigenvalue weighted by Gasteiger charge is 2.49. The smallest absolute Gasteiger partial charge is 0.379 e. The number of amides is 1. The number of benzene rings is 1. The van der Waals surface area contributed by atoms with Gasteiger partial charge in [-0.15, -0.1) is 0 Å². The number of hydrogen-bond donors (Lipinski definition) is 0. The SMILES string of the molecule is CCOCC1CC2(COCCN2C(=O)c2ccc(C(F)(F)F)cc2)CO1. The predicted molar refractivity (Wildman–Crippen MR) is 86.9 cm³/mol. The summed E-state index contributed by atoms with van der Waals surface area (Å²) in [7, 11) is 0. The molecular weight excluding hydrogens is 351 g/mol. The van der Waals surface area contributed by atoms with Crippen LogP contribution < -0.4 is 0 Å². The molecule has 1 amide bonds. The minimum absolute atomic E-state index is 0.125. The summed E-state index contributed by atoms with van der Waals surface area (Å²) in [6.07, 6.45) is -3.97. The van der Waals surface area contributed by atoms with Gasteiger partial charge in [-0.25, -0.2) is 0 Å². The molecule has 2 fully saturated rings. The molecule has 2 atom stereocenters. The van der Waals surface area contributed by atoms with Crippen molar-refractivity contribution in [1.82, 2.24) is 4.90 Å². The maximum atomic E-state index is 12.9. The van der Waals surface area contributed by atoms with E-state index in [0.29, 0.717) is 46.0 Å². The third kappa shape index (κ3) is 3.87. The Bertz CT molecular complexity index is 634. The molecule has 1 aromatic rings. The van der Waals surface area contributed by atoms with Crippen LogP contribution in [0.15, 0.2) is 24.3 Å². The Balaban J connectivity index is 1.76. The number of ether oxygens (including phenoxy) is 3. The fourth-order valence-corrected chi connectivity index (χ4v) is 3.47. The normalized spacial score (nSPS) is 26.5. The topological polar surface area (TPSA) is 48.0 Å². The Morgan fingerprint density at radius 1 is 1.31 bits per heavy atom. The van der Waals surface area contributed by atoms with Crippen molar-refractivity contribution in [1.29, 1.82) is 0 Å². The molecule has 0 saturated carbocycles. The predicted octanol–water partition coefficient (Wildman–Crippen LogP) is 2.74. The summed E-state index contributed by atoms with van der Waals surface area (Å²) in [5.41, 5.74) is -1.14. The number of hydrogen-bond acceptors (Lipinski definition) is 4. The summed E-state index contributed by atoms with van der Waals surface area (Å²) in [6.45, 7) is 4.38. The number of morpholine rings is 1. The molecule has 2 aliphatic heterocycles. The van der Waals surface area contributed by atoms with E-state index in [1.54, 1.807) is 4.90 Å². The van der Waals surface area contributed by atoms with Crippen molar-refractivity contribution < 1.29 is 32.2 Å². The fourth-order valence-electron chi connectivity index (χ4n) is 3.47. The minimum Gasteiger partial charge on any atom is -0.379 e. The van der Waals surface area contributed by atoms with E-state index in [4.69, 9.17) is 14.2 Å². The van der Waals surface area contributed by atoms with Crippen molar-refractivity contribution in [3.63, 3.8) is 0 Å². The van der Waals surface area contributed by atoms with Crippen molar-refractivity contribution in [2.24, 2.45) is 0 Å². The van der Waals surface area contributed by atoms with Crippen LogP contribution in [0.4, 0.5) is 13.2 Å². The molecule has 5 nitrogen and oxygen atoms in total. The number of halogens is 3. The molecule has 0 bridgehead atoms. The lowest BCUT2D eigenvalue weighted by molar-refractivity contribution is -0.137. The summed E-state index contributed by atoms with van der Waals surface area (Å²) in [5, 5.41) is 0. The molecule has 1 spiro atoms. The highest BCUT2D eigenvalue weighted by Crippen LogP contribution is 2.35. The van der Waals surface area contributed by atoms with Gasteiger partial charge in [0.15, 0.2) is 0 Å². The molecule has 0 aromatic heterocycles. The van der Waals surface area contributed by atoms with Crippen molar-refractivity contribution in [2.45, 2.75) is 31.2 Å². The van der Waals surface area contributed by atoms with Crippen LogP contribution in [0.1, 0.15) is 29.3 Å². The van der Waals surface area contributed by atoms with Crippen molar-refractivity contribution >= 4 is 5.91 Å². The van der Waals surface area contributed by atoms with Crippen LogP contribution in [0.25, 0.3) is 0 Å². The van der Waals surface area contributed by atoms with Gasteiger partial charge in [-0.2, -0.15) is 13.2 Å². The Hall–Kier alpha value is -1.64. The second-order valence-corrected chi connectivity index (χ2v) is 6.61. The van der Waals surface area contributed by atoms with Gasteiger partial charge in [0.05, 0.1) is 43.6 Å². The van der Waals surface area contributed by atoms with Crippen molar-refractivity contribution in [3.8, 4) is 0 Å². The third-order valence-corrected chi connectivity index (χ3v) is 4.81. The minimum atomic E-state index is -4.42. The molecule has 0 N–H and O–H groups in total. The van der Waals surface area contributed by atoms with E-state index in [9.17, 15) is 18.0 Å². The molecule has 26 heavy (non-hydrogen) atoms. The van der Waals surface area contributed by atoms with Crippen LogP contribution in [0.2, 0.25) is 0 Å². The number of rotatable bonds is 4. The lowest BCUT2D eigenvalue weighted by atomic mass is 9.92. The summed E-state index contributed by atoms with van der Waals surface area (Å²) >= 11 is 0. The molecule has 2 aliphatic rings. The van der Waals surface area contributed by atoms with E-state index < -0.39 is 17.3 Å². The Labute approximate surface area is 150 Å². The zero-order valence-electron chi connectivity index (χ0n) is 14.6. The fraction of sp³-hybridized carbons (Fsp3) is 0.611. The van der Waals surface area contributed by atoms with Gasteiger partial charge < -0.3 is 19.1 Å². The first-order valence-corrected chi connectivity index (χ1v) is 8.62. The van der Waals surface area contributed by atoms with E-state index in [-0.39, 0.29) is 17.6 Å². The quantitative estimate of drug-likeness (QED) is 0.814. The molecule has 2 heterocycles. The lowest BCUT2D eigenvalue weighted by Crippen LogP contribution is -2.59. The second-order valence-electron chi connectivity index (χ2n) is 6.61. The van der Waals surface area contributed by atoms with Gasteiger partial charge in [-0.3, -0.25) is 4.79 Å². The highest BCUT2D eigenvalue weighted by molar-refractivity contribution is 5.95. The van der Waals surface area contributed by atoms with E-state index in [2.05, 4.69) is 0 Å². The van der Waals surface area contributed by atoms with E-state index >= 15 is 0 Å². The van der Waals surface area contributed by atoms with Crippen LogP contribution in [0.5, 0.6) is 0 Å². The molecule has 1 aromatic carbocycles. The first kappa shape index (κ1) is 19.1. The zero-order valence-corrected chi connectivity index (χ0v) is 14.6. The van der Waals surface area contributed by atoms with Gasteiger partial charge in [0.25, 0.3) is 5.91 Å². The molecule has 2 unspecified atom stereocenters.